The highest BCUT2D eigenvalue weighted by molar-refractivity contribution is 5.80. The second kappa shape index (κ2) is 12.1. The SMILES string of the molecule is CCOc1ncc([C@@H](CC(=O)O)CC(=O)CCCCc2ccc3c(n2)NCCCC3)cn1. The number of carboxylic acids is 1. The quantitative estimate of drug-likeness (QED) is 0.477. The number of Topliss-reactive ketones (excluding diaryl/α,β-unsaturated/α-hetero) is 1. The maximum absolute atomic E-state index is 12.5. The van der Waals surface area contributed by atoms with Crippen LogP contribution in [0.15, 0.2) is 24.5 Å². The minimum absolute atomic E-state index is 0.0571. The van der Waals surface area contributed by atoms with Crippen molar-refractivity contribution in [2.45, 2.75) is 70.6 Å². The average molecular weight is 441 g/mol. The van der Waals surface area contributed by atoms with E-state index in [1.807, 2.05) is 6.92 Å². The zero-order chi connectivity index (χ0) is 22.8. The summed E-state index contributed by atoms with van der Waals surface area (Å²) in [7, 11) is 0. The summed E-state index contributed by atoms with van der Waals surface area (Å²) in [6.45, 7) is 3.26. The van der Waals surface area contributed by atoms with Crippen LogP contribution in [-0.4, -0.2) is 45.0 Å². The third kappa shape index (κ3) is 7.28. The van der Waals surface area contributed by atoms with Crippen molar-refractivity contribution in [2.24, 2.45) is 0 Å². The number of ketones is 1. The van der Waals surface area contributed by atoms with Crippen LogP contribution >= 0.6 is 0 Å². The van der Waals surface area contributed by atoms with Crippen molar-refractivity contribution in [2.75, 3.05) is 18.5 Å². The van der Waals surface area contributed by atoms with Gasteiger partial charge in [-0.25, -0.2) is 15.0 Å². The Labute approximate surface area is 188 Å². The molecule has 0 radical (unpaired) electrons. The fraction of sp³-hybridized carbons (Fsp3) is 0.542. The van der Waals surface area contributed by atoms with Crippen molar-refractivity contribution < 1.29 is 19.4 Å². The van der Waals surface area contributed by atoms with Gasteiger partial charge in [0.1, 0.15) is 11.6 Å². The molecule has 2 N–H and O–H groups in total. The molecule has 1 aliphatic rings. The second-order valence-corrected chi connectivity index (χ2v) is 8.17. The predicted octanol–water partition coefficient (Wildman–Crippen LogP) is 3.95. The number of aliphatic carboxylic acids is 1. The Morgan fingerprint density at radius 1 is 1.16 bits per heavy atom. The molecule has 0 amide bonds. The maximum atomic E-state index is 12.5. The highest BCUT2D eigenvalue weighted by Gasteiger charge is 2.20. The van der Waals surface area contributed by atoms with Gasteiger partial charge in [-0.1, -0.05) is 6.07 Å². The van der Waals surface area contributed by atoms with Gasteiger partial charge in [-0.05, 0) is 62.6 Å². The van der Waals surface area contributed by atoms with Crippen molar-refractivity contribution in [1.82, 2.24) is 15.0 Å². The molecule has 0 fully saturated rings. The molecule has 1 atom stereocenters. The molecule has 32 heavy (non-hydrogen) atoms. The van der Waals surface area contributed by atoms with Gasteiger partial charge in [0.25, 0.3) is 0 Å². The third-order valence-corrected chi connectivity index (χ3v) is 5.63. The molecule has 0 bridgehead atoms. The number of aromatic nitrogens is 3. The highest BCUT2D eigenvalue weighted by atomic mass is 16.5. The van der Waals surface area contributed by atoms with E-state index < -0.39 is 11.9 Å². The summed E-state index contributed by atoms with van der Waals surface area (Å²) in [6.07, 6.45) is 9.45. The average Bonchev–Trinajstić information content (AvgIpc) is 3.02. The normalized spacial score (nSPS) is 14.0. The minimum atomic E-state index is -0.945. The zero-order valence-electron chi connectivity index (χ0n) is 18.7. The first-order chi connectivity index (χ1) is 15.5. The molecular weight excluding hydrogens is 408 g/mol. The number of aryl methyl sites for hydroxylation is 2. The lowest BCUT2D eigenvalue weighted by Crippen LogP contribution is -2.13. The van der Waals surface area contributed by atoms with E-state index in [1.54, 1.807) is 12.4 Å². The highest BCUT2D eigenvalue weighted by Crippen LogP contribution is 2.25. The first-order valence-electron chi connectivity index (χ1n) is 11.5. The Bertz CT molecular complexity index is 901. The molecule has 0 spiro atoms. The molecule has 8 heteroatoms. The Morgan fingerprint density at radius 2 is 1.97 bits per heavy atom. The molecule has 0 aromatic carbocycles. The van der Waals surface area contributed by atoms with E-state index in [9.17, 15) is 14.7 Å². The van der Waals surface area contributed by atoms with Crippen molar-refractivity contribution in [3.8, 4) is 6.01 Å². The summed E-state index contributed by atoms with van der Waals surface area (Å²) in [5.74, 6) is -0.320. The Balaban J connectivity index is 1.47. The van der Waals surface area contributed by atoms with Crippen LogP contribution in [0, 0.1) is 0 Å². The van der Waals surface area contributed by atoms with Crippen molar-refractivity contribution in [1.29, 1.82) is 0 Å². The lowest BCUT2D eigenvalue weighted by atomic mass is 9.91. The molecule has 3 heterocycles. The first kappa shape index (κ1) is 23.6. The van der Waals surface area contributed by atoms with Crippen LogP contribution in [0.25, 0.3) is 0 Å². The molecule has 2 aromatic heterocycles. The summed E-state index contributed by atoms with van der Waals surface area (Å²) in [4.78, 5) is 36.8. The van der Waals surface area contributed by atoms with Gasteiger partial charge in [-0.3, -0.25) is 9.59 Å². The number of carboxylic acid groups (broad SMARTS) is 1. The monoisotopic (exact) mass is 440 g/mol. The molecule has 0 saturated heterocycles. The van der Waals surface area contributed by atoms with E-state index in [-0.39, 0.29) is 24.6 Å². The first-order valence-corrected chi connectivity index (χ1v) is 11.5. The van der Waals surface area contributed by atoms with E-state index in [2.05, 4.69) is 27.4 Å². The number of hydrogen-bond acceptors (Lipinski definition) is 7. The second-order valence-electron chi connectivity index (χ2n) is 8.17. The van der Waals surface area contributed by atoms with E-state index >= 15 is 0 Å². The Morgan fingerprint density at radius 3 is 2.72 bits per heavy atom. The lowest BCUT2D eigenvalue weighted by Gasteiger charge is -2.14. The molecule has 2 aromatic rings. The van der Waals surface area contributed by atoms with Gasteiger partial charge in [-0.15, -0.1) is 0 Å². The molecule has 3 rings (SSSR count). The van der Waals surface area contributed by atoms with Gasteiger partial charge >= 0.3 is 12.0 Å². The topological polar surface area (TPSA) is 114 Å². The largest absolute Gasteiger partial charge is 0.481 e. The molecule has 0 unspecified atom stereocenters. The Hall–Kier alpha value is -3.03. The molecular formula is C24H32N4O4. The number of carbonyl (C=O) groups excluding carboxylic acids is 1. The van der Waals surface area contributed by atoms with Gasteiger partial charge < -0.3 is 15.2 Å². The zero-order valence-corrected chi connectivity index (χ0v) is 18.7. The summed E-state index contributed by atoms with van der Waals surface area (Å²) in [5.41, 5.74) is 2.97. The minimum Gasteiger partial charge on any atom is -0.481 e. The fourth-order valence-corrected chi connectivity index (χ4v) is 3.93. The smallest absolute Gasteiger partial charge is 0.316 e. The van der Waals surface area contributed by atoms with E-state index in [4.69, 9.17) is 9.72 Å². The van der Waals surface area contributed by atoms with Crippen LogP contribution in [0.1, 0.15) is 74.6 Å². The number of nitrogens with zero attached hydrogens (tertiary/aromatic N) is 3. The summed E-state index contributed by atoms with van der Waals surface area (Å²) in [5, 5.41) is 12.7. The summed E-state index contributed by atoms with van der Waals surface area (Å²) < 4.78 is 5.23. The predicted molar refractivity (Wildman–Crippen MR) is 121 cm³/mol. The van der Waals surface area contributed by atoms with E-state index in [0.29, 0.717) is 18.6 Å². The number of ether oxygens (including phenoxy) is 1. The number of unbranched alkanes of at least 4 members (excludes halogenated alkanes) is 1. The molecule has 0 saturated carbocycles. The van der Waals surface area contributed by atoms with Crippen LogP contribution in [0.3, 0.4) is 0 Å². The number of anilines is 1. The Kier molecular flexibility index (Phi) is 8.95. The molecule has 8 nitrogen and oxygen atoms in total. The van der Waals surface area contributed by atoms with Crippen molar-refractivity contribution in [3.05, 3.63) is 41.3 Å². The van der Waals surface area contributed by atoms with Crippen LogP contribution in [0.2, 0.25) is 0 Å². The van der Waals surface area contributed by atoms with Gasteiger partial charge in [0.2, 0.25) is 0 Å². The van der Waals surface area contributed by atoms with E-state index in [1.165, 1.54) is 18.4 Å². The molecule has 0 aliphatic carbocycles. The standard InChI is InChI=1S/C24H32N4O4/c1-2-32-24-26-15-19(16-27-24)18(14-22(30)31)13-21(29)9-4-3-8-20-11-10-17-7-5-6-12-25-23(17)28-20/h10-11,15-16,18H,2-9,12-14H2,1H3,(H,25,28)(H,30,31)/t18-/m1/s1. The van der Waals surface area contributed by atoms with Gasteiger partial charge in [0.15, 0.2) is 0 Å². The number of rotatable bonds is 12. The number of carbonyl (C=O) groups is 2. The van der Waals surface area contributed by atoms with Gasteiger partial charge in [0, 0.05) is 43.4 Å². The van der Waals surface area contributed by atoms with Crippen LogP contribution in [0.5, 0.6) is 6.01 Å². The number of pyridine rings is 1. The number of nitrogens with one attached hydrogen (secondary N) is 1. The van der Waals surface area contributed by atoms with Crippen LogP contribution < -0.4 is 10.1 Å². The summed E-state index contributed by atoms with van der Waals surface area (Å²) in [6, 6.07) is 4.50. The van der Waals surface area contributed by atoms with Crippen LogP contribution in [-0.2, 0) is 22.4 Å². The molecule has 1 aliphatic heterocycles. The number of fused-ring (bicyclic) bond motifs is 1. The summed E-state index contributed by atoms with van der Waals surface area (Å²) >= 11 is 0. The van der Waals surface area contributed by atoms with E-state index in [0.717, 1.165) is 43.7 Å². The maximum Gasteiger partial charge on any atom is 0.316 e. The van der Waals surface area contributed by atoms with Crippen LogP contribution in [0.4, 0.5) is 5.82 Å². The third-order valence-electron chi connectivity index (χ3n) is 5.63. The van der Waals surface area contributed by atoms with Gasteiger partial charge in [0.05, 0.1) is 13.0 Å². The molecule has 172 valence electrons. The van der Waals surface area contributed by atoms with Gasteiger partial charge in [-0.2, -0.15) is 0 Å². The number of hydrogen-bond donors (Lipinski definition) is 2. The fourth-order valence-electron chi connectivity index (χ4n) is 3.93. The lowest BCUT2D eigenvalue weighted by molar-refractivity contribution is -0.137. The van der Waals surface area contributed by atoms with Crippen molar-refractivity contribution in [3.63, 3.8) is 0 Å². The van der Waals surface area contributed by atoms with Crippen molar-refractivity contribution >= 4 is 17.6 Å².